The summed E-state index contributed by atoms with van der Waals surface area (Å²) in [6, 6.07) is 18.6. The number of nitrogens with zero attached hydrogens (tertiary/aromatic N) is 6. The van der Waals surface area contributed by atoms with Gasteiger partial charge in [0.1, 0.15) is 12.1 Å². The Balaban J connectivity index is 1.15. The number of aromatic nitrogens is 4. The van der Waals surface area contributed by atoms with Crippen LogP contribution in [0.1, 0.15) is 18.4 Å². The number of anilines is 1. The van der Waals surface area contributed by atoms with E-state index in [4.69, 9.17) is 0 Å². The van der Waals surface area contributed by atoms with Crippen LogP contribution in [0.3, 0.4) is 0 Å². The van der Waals surface area contributed by atoms with Crippen LogP contribution in [-0.2, 0) is 6.54 Å². The van der Waals surface area contributed by atoms with Crippen molar-refractivity contribution in [3.8, 4) is 5.69 Å². The zero-order valence-electron chi connectivity index (χ0n) is 17.6. The number of para-hydroxylation sites is 2. The highest BCUT2D eigenvalue weighted by Crippen LogP contribution is 2.42. The molecular formula is C25H26N6. The smallest absolute Gasteiger partial charge is 0.139 e. The molecule has 1 atom stereocenters. The molecule has 6 heteroatoms. The molecule has 0 amide bonds. The molecule has 4 heterocycles. The van der Waals surface area contributed by atoms with Crippen LogP contribution in [0.4, 0.5) is 5.82 Å². The molecule has 6 rings (SSSR count). The molecule has 6 nitrogen and oxygen atoms in total. The molecule has 2 aliphatic heterocycles. The van der Waals surface area contributed by atoms with E-state index in [1.165, 1.54) is 18.4 Å². The van der Waals surface area contributed by atoms with E-state index in [1.54, 1.807) is 6.33 Å². The first-order valence-corrected chi connectivity index (χ1v) is 11.0. The molecule has 0 aliphatic carbocycles. The Labute approximate surface area is 182 Å². The van der Waals surface area contributed by atoms with Gasteiger partial charge in [-0.1, -0.05) is 30.3 Å². The van der Waals surface area contributed by atoms with E-state index in [9.17, 15) is 0 Å². The average molecular weight is 411 g/mol. The van der Waals surface area contributed by atoms with Gasteiger partial charge in [0.2, 0.25) is 0 Å². The van der Waals surface area contributed by atoms with E-state index < -0.39 is 0 Å². The molecule has 0 bridgehead atoms. The highest BCUT2D eigenvalue weighted by Gasteiger charge is 2.44. The quantitative estimate of drug-likeness (QED) is 0.510. The normalized spacial score (nSPS) is 21.5. The second-order valence-electron chi connectivity index (χ2n) is 8.98. The summed E-state index contributed by atoms with van der Waals surface area (Å²) in [5.74, 6) is 1.09. The van der Waals surface area contributed by atoms with Gasteiger partial charge in [-0.3, -0.25) is 4.90 Å². The van der Waals surface area contributed by atoms with Crippen LogP contribution in [0.15, 0.2) is 73.3 Å². The molecule has 0 N–H and O–H groups in total. The van der Waals surface area contributed by atoms with Crippen molar-refractivity contribution in [1.82, 2.24) is 24.6 Å². The van der Waals surface area contributed by atoms with E-state index in [-0.39, 0.29) is 0 Å². The van der Waals surface area contributed by atoms with E-state index >= 15 is 0 Å². The zero-order chi connectivity index (χ0) is 20.7. The maximum atomic E-state index is 4.65. The first-order valence-electron chi connectivity index (χ1n) is 11.0. The van der Waals surface area contributed by atoms with Gasteiger partial charge in [0, 0.05) is 48.7 Å². The molecule has 31 heavy (non-hydrogen) atoms. The molecule has 4 aromatic rings. The van der Waals surface area contributed by atoms with Crippen molar-refractivity contribution in [2.75, 3.05) is 31.1 Å². The lowest BCUT2D eigenvalue weighted by molar-refractivity contribution is 0.270. The summed E-state index contributed by atoms with van der Waals surface area (Å²) in [6.45, 7) is 5.40. The third-order valence-electron chi connectivity index (χ3n) is 6.84. The lowest BCUT2D eigenvalue weighted by atomic mass is 9.86. The van der Waals surface area contributed by atoms with Gasteiger partial charge < -0.3 is 4.90 Å². The minimum atomic E-state index is 0.363. The summed E-state index contributed by atoms with van der Waals surface area (Å²) >= 11 is 0. The van der Waals surface area contributed by atoms with Crippen LogP contribution in [0.5, 0.6) is 0 Å². The van der Waals surface area contributed by atoms with Gasteiger partial charge in [-0.25, -0.2) is 14.6 Å². The van der Waals surface area contributed by atoms with Crippen molar-refractivity contribution in [2.45, 2.75) is 19.4 Å². The second-order valence-corrected chi connectivity index (χ2v) is 8.98. The standard InChI is InChI=1S/C25H26N6/c1-2-6-21(7-3-1)31-16-20(14-28-31)15-29-12-10-25(17-29)11-13-30(18-25)24-22-8-4-5-9-23(22)26-19-27-24/h1-9,14,16,19H,10-13,15,17-18H2. The fourth-order valence-electron chi connectivity index (χ4n) is 5.28. The van der Waals surface area contributed by atoms with Gasteiger partial charge in [0.05, 0.1) is 17.4 Å². The fraction of sp³-hybridized carbons (Fsp3) is 0.320. The maximum Gasteiger partial charge on any atom is 0.139 e. The Morgan fingerprint density at radius 1 is 0.871 bits per heavy atom. The largest absolute Gasteiger partial charge is 0.355 e. The minimum absolute atomic E-state index is 0.363. The molecule has 156 valence electrons. The maximum absolute atomic E-state index is 4.65. The predicted octanol–water partition coefficient (Wildman–Crippen LogP) is 3.92. The number of likely N-dealkylation sites (tertiary alicyclic amines) is 1. The van der Waals surface area contributed by atoms with E-state index in [2.05, 4.69) is 61.4 Å². The molecule has 2 aromatic carbocycles. The molecule has 0 saturated carbocycles. The highest BCUT2D eigenvalue weighted by atomic mass is 15.3. The van der Waals surface area contributed by atoms with Crippen molar-refractivity contribution >= 4 is 16.7 Å². The summed E-state index contributed by atoms with van der Waals surface area (Å²) < 4.78 is 1.97. The second kappa shape index (κ2) is 7.46. The van der Waals surface area contributed by atoms with Gasteiger partial charge in [-0.05, 0) is 43.7 Å². The lowest BCUT2D eigenvalue weighted by Crippen LogP contribution is -2.31. The van der Waals surface area contributed by atoms with Crippen LogP contribution >= 0.6 is 0 Å². The SMILES string of the molecule is c1ccc(-n2cc(CN3CCC4(CCN(c5ncnc6ccccc56)C4)C3)cn2)cc1. The Bertz CT molecular complexity index is 1200. The first kappa shape index (κ1) is 18.5. The molecule has 2 fully saturated rings. The van der Waals surface area contributed by atoms with Crippen LogP contribution in [0.2, 0.25) is 0 Å². The molecule has 2 saturated heterocycles. The third-order valence-corrected chi connectivity index (χ3v) is 6.84. The van der Waals surface area contributed by atoms with Gasteiger partial charge in [-0.2, -0.15) is 5.10 Å². The van der Waals surface area contributed by atoms with Crippen molar-refractivity contribution in [3.05, 3.63) is 78.9 Å². The Morgan fingerprint density at radius 2 is 1.71 bits per heavy atom. The van der Waals surface area contributed by atoms with Crippen LogP contribution < -0.4 is 4.90 Å². The minimum Gasteiger partial charge on any atom is -0.355 e. The fourth-order valence-corrected chi connectivity index (χ4v) is 5.28. The first-order chi connectivity index (χ1) is 15.3. The summed E-state index contributed by atoms with van der Waals surface area (Å²) in [7, 11) is 0. The van der Waals surface area contributed by atoms with Crippen LogP contribution in [0.25, 0.3) is 16.6 Å². The number of fused-ring (bicyclic) bond motifs is 1. The summed E-state index contributed by atoms with van der Waals surface area (Å²) in [5, 5.41) is 5.72. The summed E-state index contributed by atoms with van der Waals surface area (Å²) in [5.41, 5.74) is 3.77. The topological polar surface area (TPSA) is 50.1 Å². The summed E-state index contributed by atoms with van der Waals surface area (Å²) in [6.07, 6.45) is 8.35. The van der Waals surface area contributed by atoms with Crippen molar-refractivity contribution in [3.63, 3.8) is 0 Å². The Morgan fingerprint density at radius 3 is 2.65 bits per heavy atom. The molecule has 1 unspecified atom stereocenters. The summed E-state index contributed by atoms with van der Waals surface area (Å²) in [4.78, 5) is 14.1. The van der Waals surface area contributed by atoms with Crippen LogP contribution in [-0.4, -0.2) is 50.8 Å². The van der Waals surface area contributed by atoms with Gasteiger partial charge >= 0.3 is 0 Å². The van der Waals surface area contributed by atoms with Gasteiger partial charge in [-0.15, -0.1) is 0 Å². The molecule has 1 spiro atoms. The number of hydrogen-bond donors (Lipinski definition) is 0. The third kappa shape index (κ3) is 3.47. The van der Waals surface area contributed by atoms with Crippen LogP contribution in [0, 0.1) is 5.41 Å². The molecule has 2 aromatic heterocycles. The Hall–Kier alpha value is -3.25. The van der Waals surface area contributed by atoms with E-state index in [1.807, 2.05) is 35.1 Å². The van der Waals surface area contributed by atoms with E-state index in [0.29, 0.717) is 5.41 Å². The zero-order valence-corrected chi connectivity index (χ0v) is 17.6. The average Bonchev–Trinajstić information content (AvgIpc) is 3.55. The van der Waals surface area contributed by atoms with E-state index in [0.717, 1.165) is 55.1 Å². The molecule has 0 radical (unpaired) electrons. The number of benzene rings is 2. The highest BCUT2D eigenvalue weighted by molar-refractivity contribution is 5.89. The Kier molecular flexibility index (Phi) is 4.46. The number of rotatable bonds is 4. The van der Waals surface area contributed by atoms with Gasteiger partial charge in [0.25, 0.3) is 0 Å². The molecular weight excluding hydrogens is 384 g/mol. The molecule has 2 aliphatic rings. The van der Waals surface area contributed by atoms with Crippen molar-refractivity contribution in [1.29, 1.82) is 0 Å². The van der Waals surface area contributed by atoms with Gasteiger partial charge in [0.15, 0.2) is 0 Å². The van der Waals surface area contributed by atoms with Crippen molar-refractivity contribution in [2.24, 2.45) is 5.41 Å². The predicted molar refractivity (Wildman–Crippen MR) is 122 cm³/mol. The monoisotopic (exact) mass is 410 g/mol. The van der Waals surface area contributed by atoms with Crippen molar-refractivity contribution < 1.29 is 0 Å². The number of hydrogen-bond acceptors (Lipinski definition) is 5. The lowest BCUT2D eigenvalue weighted by Gasteiger charge is -2.25.